The third kappa shape index (κ3) is 8.21. The van der Waals surface area contributed by atoms with Crippen LogP contribution >= 0.6 is 0 Å². The van der Waals surface area contributed by atoms with Crippen LogP contribution in [0.2, 0.25) is 0 Å². The van der Waals surface area contributed by atoms with Crippen LogP contribution in [0.4, 0.5) is 16.2 Å². The lowest BCUT2D eigenvalue weighted by molar-refractivity contribution is -0.143. The highest BCUT2D eigenvalue weighted by molar-refractivity contribution is 5.86. The molecule has 0 aliphatic carbocycles. The van der Waals surface area contributed by atoms with Gasteiger partial charge < -0.3 is 26.4 Å². The zero-order valence-corrected chi connectivity index (χ0v) is 16.4. The van der Waals surface area contributed by atoms with E-state index < -0.39 is 23.3 Å². The number of carboxylic acid groups (broad SMARTS) is 2. The molecule has 0 aliphatic heterocycles. The van der Waals surface area contributed by atoms with Crippen molar-refractivity contribution in [3.05, 3.63) is 18.1 Å². The maximum absolute atomic E-state index is 13.2. The zero-order chi connectivity index (χ0) is 22.0. The number of anilines is 2. The summed E-state index contributed by atoms with van der Waals surface area (Å²) in [7, 11) is 0. The first-order chi connectivity index (χ1) is 13.6. The molecule has 160 valence electrons. The summed E-state index contributed by atoms with van der Waals surface area (Å²) in [6.07, 6.45) is 3.27. The lowest BCUT2D eigenvalue weighted by atomic mass is 9.96. The fraction of sp³-hybridized carbons (Fsp3) is 0.500. The van der Waals surface area contributed by atoms with Crippen LogP contribution < -0.4 is 11.1 Å². The van der Waals surface area contributed by atoms with Crippen molar-refractivity contribution in [3.8, 4) is 0 Å². The molecule has 0 fully saturated rings. The van der Waals surface area contributed by atoms with E-state index in [0.29, 0.717) is 16.9 Å². The number of nitrogens with zero attached hydrogens (tertiary/aromatic N) is 3. The van der Waals surface area contributed by atoms with Gasteiger partial charge in [-0.2, -0.15) is 4.98 Å². The molecule has 0 saturated heterocycles. The molecule has 6 N–H and O–H groups in total. The highest BCUT2D eigenvalue weighted by atomic mass is 19.1. The molecular formula is C18H26FN5O5. The first kappa shape index (κ1) is 24.0. The maximum Gasteiger partial charge on any atom is 0.303 e. The van der Waals surface area contributed by atoms with Crippen LogP contribution in [0.1, 0.15) is 46.0 Å². The topological polar surface area (TPSA) is 172 Å². The van der Waals surface area contributed by atoms with Crippen molar-refractivity contribution in [2.75, 3.05) is 17.7 Å². The van der Waals surface area contributed by atoms with Crippen molar-refractivity contribution >= 4 is 34.7 Å². The molecular weight excluding hydrogens is 385 g/mol. The molecule has 0 spiro atoms. The number of hydrogen-bond donors (Lipinski definition) is 5. The number of carbonyl (C=O) groups is 2. The first-order valence-corrected chi connectivity index (χ1v) is 9.01. The summed E-state index contributed by atoms with van der Waals surface area (Å²) in [4.78, 5) is 31.4. The highest BCUT2D eigenvalue weighted by Crippen LogP contribution is 2.25. The van der Waals surface area contributed by atoms with E-state index in [1.165, 1.54) is 6.07 Å². The van der Waals surface area contributed by atoms with Gasteiger partial charge in [0, 0.05) is 6.07 Å². The number of fused-ring (bicyclic) bond motifs is 1. The van der Waals surface area contributed by atoms with Gasteiger partial charge in [-0.15, -0.1) is 0 Å². The Morgan fingerprint density at radius 2 is 1.86 bits per heavy atom. The predicted octanol–water partition coefficient (Wildman–Crippen LogP) is 2.03. The predicted molar refractivity (Wildman–Crippen MR) is 105 cm³/mol. The third-order valence-electron chi connectivity index (χ3n) is 3.92. The number of carboxylic acids is 2. The second kappa shape index (κ2) is 11.1. The molecule has 0 radical (unpaired) electrons. The Kier molecular flexibility index (Phi) is 9.13. The van der Waals surface area contributed by atoms with Crippen LogP contribution in [0, 0.1) is 5.82 Å². The highest BCUT2D eigenvalue weighted by Gasteiger charge is 2.24. The van der Waals surface area contributed by atoms with Crippen LogP contribution in [-0.4, -0.2) is 54.4 Å². The van der Waals surface area contributed by atoms with Gasteiger partial charge in [0.25, 0.3) is 0 Å². The minimum atomic E-state index is -1.08. The van der Waals surface area contributed by atoms with Gasteiger partial charge >= 0.3 is 11.9 Å². The van der Waals surface area contributed by atoms with E-state index in [1.54, 1.807) is 0 Å². The SMILES string of the molecule is CCCC[C@](C)(CO)Nc1nc(N)nc2cc(F)cnc12.O=C(O)CCC(=O)O. The van der Waals surface area contributed by atoms with Crippen LogP contribution in [0.3, 0.4) is 0 Å². The average molecular weight is 411 g/mol. The molecule has 1 atom stereocenters. The molecule has 2 rings (SSSR count). The van der Waals surface area contributed by atoms with Gasteiger partial charge in [-0.25, -0.2) is 14.4 Å². The maximum atomic E-state index is 13.2. The molecule has 0 amide bonds. The summed E-state index contributed by atoms with van der Waals surface area (Å²) in [6, 6.07) is 1.26. The van der Waals surface area contributed by atoms with Gasteiger partial charge in [-0.1, -0.05) is 19.8 Å². The minimum Gasteiger partial charge on any atom is -0.481 e. The fourth-order valence-corrected chi connectivity index (χ4v) is 2.35. The zero-order valence-electron chi connectivity index (χ0n) is 16.4. The normalized spacial score (nSPS) is 12.6. The molecule has 29 heavy (non-hydrogen) atoms. The molecule has 0 unspecified atom stereocenters. The van der Waals surface area contributed by atoms with Gasteiger partial charge in [0.2, 0.25) is 5.95 Å². The van der Waals surface area contributed by atoms with Crippen LogP contribution in [0.5, 0.6) is 0 Å². The van der Waals surface area contributed by atoms with Crippen LogP contribution in [0.15, 0.2) is 12.3 Å². The number of aliphatic hydroxyl groups excluding tert-OH is 1. The molecule has 0 saturated carbocycles. The second-order valence-corrected chi connectivity index (χ2v) is 6.69. The van der Waals surface area contributed by atoms with Gasteiger partial charge in [0.05, 0.1) is 36.7 Å². The Balaban J connectivity index is 0.000000447. The number of halogens is 1. The van der Waals surface area contributed by atoms with E-state index in [0.717, 1.165) is 25.5 Å². The third-order valence-corrected chi connectivity index (χ3v) is 3.92. The lowest BCUT2D eigenvalue weighted by Gasteiger charge is -2.29. The number of hydrogen-bond acceptors (Lipinski definition) is 8. The number of unbranched alkanes of at least 4 members (excludes halogenated alkanes) is 1. The van der Waals surface area contributed by atoms with Crippen molar-refractivity contribution in [3.63, 3.8) is 0 Å². The molecule has 0 aliphatic rings. The summed E-state index contributed by atoms with van der Waals surface area (Å²) in [5, 5.41) is 28.6. The molecule has 10 nitrogen and oxygen atoms in total. The largest absolute Gasteiger partial charge is 0.481 e. The Hall–Kier alpha value is -3.08. The molecule has 0 aromatic carbocycles. The summed E-state index contributed by atoms with van der Waals surface area (Å²) >= 11 is 0. The van der Waals surface area contributed by atoms with Crippen LogP contribution in [0.25, 0.3) is 11.0 Å². The van der Waals surface area contributed by atoms with Gasteiger partial charge in [0.15, 0.2) is 5.82 Å². The number of nitrogen functional groups attached to an aromatic ring is 1. The number of aromatic nitrogens is 3. The minimum absolute atomic E-state index is 0.0354. The number of pyridine rings is 1. The number of rotatable bonds is 9. The van der Waals surface area contributed by atoms with E-state index in [2.05, 4.69) is 27.2 Å². The number of aliphatic hydroxyl groups is 1. The summed E-state index contributed by atoms with van der Waals surface area (Å²) in [5.74, 6) is -2.19. The van der Waals surface area contributed by atoms with Gasteiger partial charge in [-0.05, 0) is 13.3 Å². The van der Waals surface area contributed by atoms with Crippen LogP contribution in [-0.2, 0) is 9.59 Å². The Morgan fingerprint density at radius 1 is 1.24 bits per heavy atom. The summed E-state index contributed by atoms with van der Waals surface area (Å²) < 4.78 is 13.2. The van der Waals surface area contributed by atoms with E-state index in [4.69, 9.17) is 15.9 Å². The lowest BCUT2D eigenvalue weighted by Crippen LogP contribution is -2.39. The quantitative estimate of drug-likeness (QED) is 0.411. The fourth-order valence-electron chi connectivity index (χ4n) is 2.35. The molecule has 2 aromatic heterocycles. The monoisotopic (exact) mass is 411 g/mol. The Bertz CT molecular complexity index is 831. The van der Waals surface area contributed by atoms with Crippen molar-refractivity contribution in [1.29, 1.82) is 0 Å². The summed E-state index contributed by atoms with van der Waals surface area (Å²) in [5.41, 5.74) is 5.88. The standard InChI is InChI=1S/C14H20FN5O.C4H6O4/c1-3-4-5-14(2,8-21)20-12-11-10(18-13(16)19-12)6-9(15)7-17-11;5-3(6)1-2-4(7)8/h6-7,21H,3-5,8H2,1-2H3,(H3,16,18,19,20);1-2H2,(H,5,6)(H,7,8)/t14-;/m1./s1. The van der Waals surface area contributed by atoms with E-state index in [-0.39, 0.29) is 25.4 Å². The molecule has 2 aromatic rings. The van der Waals surface area contributed by atoms with E-state index >= 15 is 0 Å². The van der Waals surface area contributed by atoms with Crippen molar-refractivity contribution in [2.45, 2.75) is 51.5 Å². The Morgan fingerprint density at radius 3 is 2.38 bits per heavy atom. The van der Waals surface area contributed by atoms with Gasteiger partial charge in [0.1, 0.15) is 11.3 Å². The molecule has 0 bridgehead atoms. The number of nitrogens with two attached hydrogens (primary N) is 1. The van der Waals surface area contributed by atoms with Crippen molar-refractivity contribution < 1.29 is 29.3 Å². The first-order valence-electron chi connectivity index (χ1n) is 9.01. The van der Waals surface area contributed by atoms with E-state index in [9.17, 15) is 19.1 Å². The van der Waals surface area contributed by atoms with Gasteiger partial charge in [-0.3, -0.25) is 9.59 Å². The molecule has 11 heteroatoms. The summed E-state index contributed by atoms with van der Waals surface area (Å²) in [6.45, 7) is 3.93. The number of nitrogens with one attached hydrogen (secondary N) is 1. The number of aliphatic carboxylic acids is 2. The van der Waals surface area contributed by atoms with Crippen molar-refractivity contribution in [1.82, 2.24) is 15.0 Å². The average Bonchev–Trinajstić information content (AvgIpc) is 2.64. The smallest absolute Gasteiger partial charge is 0.303 e. The van der Waals surface area contributed by atoms with Crippen molar-refractivity contribution in [2.24, 2.45) is 0 Å². The molecule has 2 heterocycles. The van der Waals surface area contributed by atoms with E-state index in [1.807, 2.05) is 6.92 Å². The second-order valence-electron chi connectivity index (χ2n) is 6.69. The Labute approximate surface area is 167 Å².